The Morgan fingerprint density at radius 2 is 2.28 bits per heavy atom. The van der Waals surface area contributed by atoms with Crippen molar-refractivity contribution < 1.29 is 4.79 Å². The summed E-state index contributed by atoms with van der Waals surface area (Å²) in [5.74, 6) is -0.404. The van der Waals surface area contributed by atoms with E-state index in [0.717, 1.165) is 5.39 Å². The van der Waals surface area contributed by atoms with Crippen molar-refractivity contribution in [3.63, 3.8) is 0 Å². The molecule has 0 amide bonds. The Labute approximate surface area is 110 Å². The van der Waals surface area contributed by atoms with E-state index in [-0.39, 0.29) is 18.1 Å². The third kappa shape index (κ3) is 2.20. The molecule has 1 aromatic heterocycles. The summed E-state index contributed by atoms with van der Waals surface area (Å²) < 4.78 is 0. The maximum absolute atomic E-state index is 12.2. The van der Waals surface area contributed by atoms with Gasteiger partial charge in [-0.1, -0.05) is 18.5 Å². The molecule has 0 saturated carbocycles. The number of Topliss-reactive ketones (excluding diaryl/α,β-unsaturated/α-hetero) is 1. The first-order valence-corrected chi connectivity index (χ1v) is 5.97. The minimum atomic E-state index is -0.332. The Hall–Kier alpha value is -1.92. The maximum Gasteiger partial charge on any atom is 0.168 e. The number of nitrogens with zero attached hydrogens (tertiary/aromatic N) is 2. The summed E-state index contributed by atoms with van der Waals surface area (Å²) in [4.78, 5) is 16.4. The zero-order valence-electron chi connectivity index (χ0n) is 9.85. The number of carbonyl (C=O) groups excluding carboxylic acids is 1. The predicted octanol–water partition coefficient (Wildman–Crippen LogP) is 3.62. The Morgan fingerprint density at radius 1 is 1.50 bits per heavy atom. The smallest absolute Gasteiger partial charge is 0.168 e. The first-order valence-electron chi connectivity index (χ1n) is 5.59. The van der Waals surface area contributed by atoms with Crippen molar-refractivity contribution in [2.24, 2.45) is 5.92 Å². The van der Waals surface area contributed by atoms with E-state index >= 15 is 0 Å². The molecule has 0 saturated heterocycles. The van der Waals surface area contributed by atoms with E-state index in [1.807, 2.05) is 12.1 Å². The van der Waals surface area contributed by atoms with Gasteiger partial charge in [0.2, 0.25) is 0 Å². The molecule has 0 aliphatic rings. The highest BCUT2D eigenvalue weighted by Crippen LogP contribution is 2.26. The summed E-state index contributed by atoms with van der Waals surface area (Å²) >= 11 is 6.07. The number of nitriles is 1. The highest BCUT2D eigenvalue weighted by Gasteiger charge is 2.18. The molecule has 0 fully saturated rings. The largest absolute Gasteiger partial charge is 0.294 e. The number of hydrogen-bond donors (Lipinski definition) is 0. The minimum absolute atomic E-state index is 0.0723. The topological polar surface area (TPSA) is 53.8 Å². The number of ketones is 1. The first-order chi connectivity index (χ1) is 8.65. The average molecular weight is 259 g/mol. The van der Waals surface area contributed by atoms with E-state index < -0.39 is 0 Å². The molecule has 18 heavy (non-hydrogen) atoms. The van der Waals surface area contributed by atoms with Gasteiger partial charge < -0.3 is 0 Å². The molecule has 1 heterocycles. The molecule has 1 atom stereocenters. The van der Waals surface area contributed by atoms with Gasteiger partial charge in [-0.25, -0.2) is 0 Å². The molecule has 2 aromatic rings. The Bertz CT molecular complexity index is 646. The lowest BCUT2D eigenvalue weighted by Crippen LogP contribution is -2.11. The van der Waals surface area contributed by atoms with Crippen LogP contribution in [0.25, 0.3) is 10.9 Å². The van der Waals surface area contributed by atoms with E-state index in [0.29, 0.717) is 16.1 Å². The van der Waals surface area contributed by atoms with Crippen LogP contribution in [0.5, 0.6) is 0 Å². The molecule has 0 N–H and O–H groups in total. The molecule has 90 valence electrons. The lowest BCUT2D eigenvalue weighted by atomic mass is 9.95. The number of rotatable bonds is 3. The van der Waals surface area contributed by atoms with Crippen LogP contribution in [0.3, 0.4) is 0 Å². The van der Waals surface area contributed by atoms with E-state index in [9.17, 15) is 4.79 Å². The molecule has 0 bridgehead atoms. The second-order valence-corrected chi connectivity index (χ2v) is 4.53. The van der Waals surface area contributed by atoms with Crippen molar-refractivity contribution >= 4 is 28.3 Å². The summed E-state index contributed by atoms with van der Waals surface area (Å²) in [6.45, 7) is 1.74. The van der Waals surface area contributed by atoms with Gasteiger partial charge in [0.1, 0.15) is 0 Å². The van der Waals surface area contributed by atoms with Gasteiger partial charge in [-0.05, 0) is 24.3 Å². The minimum Gasteiger partial charge on any atom is -0.294 e. The molecule has 0 spiro atoms. The molecule has 1 aromatic carbocycles. The summed E-state index contributed by atoms with van der Waals surface area (Å²) in [5.41, 5.74) is 1.12. The van der Waals surface area contributed by atoms with Crippen molar-refractivity contribution in [3.8, 4) is 6.07 Å². The van der Waals surface area contributed by atoms with Crippen LogP contribution in [-0.2, 0) is 0 Å². The molecule has 1 unspecified atom stereocenters. The van der Waals surface area contributed by atoms with Crippen LogP contribution in [0.4, 0.5) is 0 Å². The highest BCUT2D eigenvalue weighted by molar-refractivity contribution is 6.36. The average Bonchev–Trinajstić information content (AvgIpc) is 2.39. The summed E-state index contributed by atoms with van der Waals surface area (Å²) in [7, 11) is 0. The molecule has 0 aliphatic carbocycles. The van der Waals surface area contributed by atoms with Gasteiger partial charge in [0.05, 0.1) is 16.6 Å². The molecule has 0 aliphatic heterocycles. The summed E-state index contributed by atoms with van der Waals surface area (Å²) in [6, 6.07) is 8.99. The summed E-state index contributed by atoms with van der Waals surface area (Å²) in [5, 5.41) is 9.98. The van der Waals surface area contributed by atoms with Crippen molar-refractivity contribution in [1.29, 1.82) is 5.26 Å². The fraction of sp³-hybridized carbons (Fsp3) is 0.214. The SMILES string of the molecule is CC(CC#N)C(=O)c1ccc(Cl)c2cccnc12. The molecule has 0 radical (unpaired) electrons. The maximum atomic E-state index is 12.2. The zero-order chi connectivity index (χ0) is 13.1. The lowest BCUT2D eigenvalue weighted by molar-refractivity contribution is 0.0933. The lowest BCUT2D eigenvalue weighted by Gasteiger charge is -2.09. The second-order valence-electron chi connectivity index (χ2n) is 4.12. The Morgan fingerprint density at radius 3 is 3.00 bits per heavy atom. The number of carbonyl (C=O) groups is 1. The van der Waals surface area contributed by atoms with Crippen LogP contribution in [0.15, 0.2) is 30.5 Å². The van der Waals surface area contributed by atoms with Crippen molar-refractivity contribution in [3.05, 3.63) is 41.0 Å². The predicted molar refractivity (Wildman–Crippen MR) is 70.5 cm³/mol. The Balaban J connectivity index is 2.56. The van der Waals surface area contributed by atoms with Crippen molar-refractivity contribution in [2.75, 3.05) is 0 Å². The van der Waals surface area contributed by atoms with E-state index in [4.69, 9.17) is 16.9 Å². The molecule has 2 rings (SSSR count). The number of fused-ring (bicyclic) bond motifs is 1. The Kier molecular flexibility index (Phi) is 3.59. The van der Waals surface area contributed by atoms with Crippen molar-refractivity contribution in [1.82, 2.24) is 4.98 Å². The third-order valence-corrected chi connectivity index (χ3v) is 3.16. The molecule has 3 nitrogen and oxygen atoms in total. The molecule has 4 heteroatoms. The van der Waals surface area contributed by atoms with E-state index in [1.165, 1.54) is 0 Å². The number of pyridine rings is 1. The standard InChI is InChI=1S/C14H11ClN2O/c1-9(6-7-16)14(18)11-4-5-12(15)10-3-2-8-17-13(10)11/h2-5,8-9H,6H2,1H3. The van der Waals surface area contributed by atoms with Gasteiger partial charge in [-0.2, -0.15) is 5.26 Å². The van der Waals surface area contributed by atoms with Gasteiger partial charge in [-0.3, -0.25) is 9.78 Å². The zero-order valence-corrected chi connectivity index (χ0v) is 10.6. The second kappa shape index (κ2) is 5.16. The fourth-order valence-corrected chi connectivity index (χ4v) is 2.05. The van der Waals surface area contributed by atoms with Gasteiger partial charge in [0.15, 0.2) is 5.78 Å². The first kappa shape index (κ1) is 12.5. The number of hydrogen-bond acceptors (Lipinski definition) is 3. The van der Waals surface area contributed by atoms with Crippen LogP contribution in [0, 0.1) is 17.2 Å². The van der Waals surface area contributed by atoms with E-state index in [2.05, 4.69) is 4.98 Å². The van der Waals surface area contributed by atoms with Crippen LogP contribution in [-0.4, -0.2) is 10.8 Å². The molecular weight excluding hydrogens is 248 g/mol. The third-order valence-electron chi connectivity index (χ3n) is 2.83. The van der Waals surface area contributed by atoms with Gasteiger partial charge in [0, 0.05) is 29.5 Å². The van der Waals surface area contributed by atoms with Gasteiger partial charge in [0.25, 0.3) is 0 Å². The fourth-order valence-electron chi connectivity index (χ4n) is 1.83. The normalized spacial score (nSPS) is 12.1. The van der Waals surface area contributed by atoms with Crippen molar-refractivity contribution in [2.45, 2.75) is 13.3 Å². The number of aromatic nitrogens is 1. The van der Waals surface area contributed by atoms with Gasteiger partial charge in [-0.15, -0.1) is 0 Å². The monoisotopic (exact) mass is 258 g/mol. The van der Waals surface area contributed by atoms with Crippen LogP contribution >= 0.6 is 11.6 Å². The number of halogens is 1. The quantitative estimate of drug-likeness (QED) is 0.790. The van der Waals surface area contributed by atoms with E-state index in [1.54, 1.807) is 31.3 Å². The summed E-state index contributed by atoms with van der Waals surface area (Å²) in [6.07, 6.45) is 1.83. The highest BCUT2D eigenvalue weighted by atomic mass is 35.5. The molecular formula is C14H11ClN2O. The van der Waals surface area contributed by atoms with Crippen LogP contribution in [0.2, 0.25) is 5.02 Å². The van der Waals surface area contributed by atoms with Gasteiger partial charge >= 0.3 is 0 Å². The number of benzene rings is 1. The van der Waals surface area contributed by atoms with Crippen LogP contribution in [0.1, 0.15) is 23.7 Å². The van der Waals surface area contributed by atoms with Crippen LogP contribution < -0.4 is 0 Å².